The Morgan fingerprint density at radius 1 is 1.07 bits per heavy atom. The summed E-state index contributed by atoms with van der Waals surface area (Å²) in [4.78, 5) is 21.1. The van der Waals surface area contributed by atoms with Crippen LogP contribution < -0.4 is 15.2 Å². The molecule has 1 aromatic heterocycles. The highest BCUT2D eigenvalue weighted by atomic mass is 19.1. The molecule has 0 saturated carbocycles. The van der Waals surface area contributed by atoms with Crippen LogP contribution in [0.1, 0.15) is 39.6 Å². The van der Waals surface area contributed by atoms with Gasteiger partial charge in [0.15, 0.2) is 17.3 Å². The first-order valence-electron chi connectivity index (χ1n) is 9.22. The Labute approximate surface area is 167 Å². The molecule has 0 aliphatic heterocycles. The van der Waals surface area contributed by atoms with Gasteiger partial charge in [-0.1, -0.05) is 18.2 Å². The van der Waals surface area contributed by atoms with Crippen molar-refractivity contribution in [1.29, 1.82) is 0 Å². The standard InChI is InChI=1S/C22H20FN3O3/c1-12-21-16(26-22(24)25-12)9-13(10-17(21)27)15-8-7-14(23)11-20(15)29-19-6-4-3-5-18(19)28-2/h3-8,11,13H,9-10H2,1-2H3,(H2,24,25,26). The van der Waals surface area contributed by atoms with Crippen molar-refractivity contribution >= 4 is 11.7 Å². The van der Waals surface area contributed by atoms with E-state index in [4.69, 9.17) is 15.2 Å². The number of aryl methyl sites for hydroxylation is 1. The molecule has 0 bridgehead atoms. The van der Waals surface area contributed by atoms with Crippen molar-refractivity contribution in [3.05, 3.63) is 70.8 Å². The zero-order valence-electron chi connectivity index (χ0n) is 16.1. The SMILES string of the molecule is COc1ccccc1Oc1cc(F)ccc1C1CC(=O)c2c(C)nc(N)nc2C1. The normalized spacial score (nSPS) is 15.7. The maximum Gasteiger partial charge on any atom is 0.220 e. The van der Waals surface area contributed by atoms with E-state index in [1.807, 2.05) is 6.07 Å². The highest BCUT2D eigenvalue weighted by molar-refractivity contribution is 5.99. The predicted molar refractivity (Wildman–Crippen MR) is 106 cm³/mol. The summed E-state index contributed by atoms with van der Waals surface area (Å²) in [6, 6.07) is 11.5. The van der Waals surface area contributed by atoms with Gasteiger partial charge < -0.3 is 15.2 Å². The number of ether oxygens (including phenoxy) is 2. The summed E-state index contributed by atoms with van der Waals surface area (Å²) in [6.45, 7) is 1.75. The Morgan fingerprint density at radius 3 is 2.59 bits per heavy atom. The Bertz CT molecular complexity index is 1100. The number of nitrogens with zero attached hydrogens (tertiary/aromatic N) is 2. The number of carbonyl (C=O) groups excluding carboxylic acids is 1. The van der Waals surface area contributed by atoms with E-state index in [9.17, 15) is 9.18 Å². The maximum absolute atomic E-state index is 14.0. The molecule has 3 aromatic rings. The molecule has 2 N–H and O–H groups in total. The predicted octanol–water partition coefficient (Wildman–Crippen LogP) is 4.22. The van der Waals surface area contributed by atoms with Crippen molar-refractivity contribution in [2.24, 2.45) is 0 Å². The molecule has 1 unspecified atom stereocenters. The zero-order chi connectivity index (χ0) is 20.5. The molecule has 1 heterocycles. The third-order valence-electron chi connectivity index (χ3n) is 5.04. The van der Waals surface area contributed by atoms with Gasteiger partial charge in [-0.15, -0.1) is 0 Å². The van der Waals surface area contributed by atoms with Crippen molar-refractivity contribution in [3.8, 4) is 17.2 Å². The molecule has 0 fully saturated rings. The van der Waals surface area contributed by atoms with Crippen LogP contribution in [0.2, 0.25) is 0 Å². The lowest BCUT2D eigenvalue weighted by Gasteiger charge is -2.26. The van der Waals surface area contributed by atoms with Gasteiger partial charge in [0.1, 0.15) is 11.6 Å². The molecule has 0 spiro atoms. The van der Waals surface area contributed by atoms with Gasteiger partial charge in [-0.05, 0) is 37.1 Å². The van der Waals surface area contributed by atoms with Crippen molar-refractivity contribution in [1.82, 2.24) is 9.97 Å². The zero-order valence-corrected chi connectivity index (χ0v) is 16.1. The van der Waals surface area contributed by atoms with E-state index in [-0.39, 0.29) is 24.1 Å². The summed E-state index contributed by atoms with van der Waals surface area (Å²) >= 11 is 0. The van der Waals surface area contributed by atoms with Crippen LogP contribution in [0.5, 0.6) is 17.2 Å². The number of para-hydroxylation sites is 2. The number of carbonyl (C=O) groups is 1. The second-order valence-electron chi connectivity index (χ2n) is 6.95. The Kier molecular flexibility index (Phi) is 4.88. The highest BCUT2D eigenvalue weighted by Gasteiger charge is 2.31. The number of ketones is 1. The molecule has 2 aromatic carbocycles. The van der Waals surface area contributed by atoms with Crippen molar-refractivity contribution in [2.45, 2.75) is 25.7 Å². The molecular weight excluding hydrogens is 373 g/mol. The van der Waals surface area contributed by atoms with Crippen LogP contribution in [0, 0.1) is 12.7 Å². The van der Waals surface area contributed by atoms with E-state index in [1.54, 1.807) is 31.2 Å². The van der Waals surface area contributed by atoms with Crippen molar-refractivity contribution in [3.63, 3.8) is 0 Å². The van der Waals surface area contributed by atoms with E-state index in [2.05, 4.69) is 9.97 Å². The van der Waals surface area contributed by atoms with E-state index in [1.165, 1.54) is 19.2 Å². The number of hydrogen-bond acceptors (Lipinski definition) is 6. The van der Waals surface area contributed by atoms with Gasteiger partial charge >= 0.3 is 0 Å². The number of fused-ring (bicyclic) bond motifs is 1. The molecule has 0 saturated heterocycles. The van der Waals surface area contributed by atoms with E-state index in [0.717, 1.165) is 5.56 Å². The number of nitrogen functional groups attached to an aromatic ring is 1. The van der Waals surface area contributed by atoms with Crippen molar-refractivity contribution < 1.29 is 18.7 Å². The van der Waals surface area contributed by atoms with Gasteiger partial charge in [0.25, 0.3) is 0 Å². The van der Waals surface area contributed by atoms with Gasteiger partial charge in [0.2, 0.25) is 5.95 Å². The Morgan fingerprint density at radius 2 is 1.83 bits per heavy atom. The molecule has 0 amide bonds. The molecular formula is C22H20FN3O3. The number of nitrogens with two attached hydrogens (primary N) is 1. The second-order valence-corrected chi connectivity index (χ2v) is 6.95. The summed E-state index contributed by atoms with van der Waals surface area (Å²) in [5.41, 5.74) is 8.23. The molecule has 7 heteroatoms. The van der Waals surface area contributed by atoms with Crippen molar-refractivity contribution in [2.75, 3.05) is 12.8 Å². The molecule has 148 valence electrons. The number of hydrogen-bond donors (Lipinski definition) is 1. The highest BCUT2D eigenvalue weighted by Crippen LogP contribution is 2.40. The Balaban J connectivity index is 1.73. The van der Waals surface area contributed by atoms with E-state index < -0.39 is 5.82 Å². The van der Waals surface area contributed by atoms with E-state index >= 15 is 0 Å². The summed E-state index contributed by atoms with van der Waals surface area (Å²) in [5.74, 6) is 0.781. The van der Waals surface area contributed by atoms with Gasteiger partial charge in [-0.3, -0.25) is 4.79 Å². The molecule has 1 aliphatic rings. The minimum atomic E-state index is -0.427. The van der Waals surface area contributed by atoms with Crippen LogP contribution in [0.3, 0.4) is 0 Å². The van der Waals surface area contributed by atoms with Gasteiger partial charge in [-0.25, -0.2) is 14.4 Å². The average molecular weight is 393 g/mol. The molecule has 1 atom stereocenters. The third kappa shape index (κ3) is 3.63. The summed E-state index contributed by atoms with van der Waals surface area (Å²) in [6.07, 6.45) is 0.748. The summed E-state index contributed by atoms with van der Waals surface area (Å²) in [5, 5.41) is 0. The summed E-state index contributed by atoms with van der Waals surface area (Å²) < 4.78 is 25.3. The maximum atomic E-state index is 14.0. The van der Waals surface area contributed by atoms with E-state index in [0.29, 0.717) is 40.6 Å². The minimum absolute atomic E-state index is 0.0543. The lowest BCUT2D eigenvalue weighted by Crippen LogP contribution is -2.23. The van der Waals surface area contributed by atoms with Crippen LogP contribution in [0.4, 0.5) is 10.3 Å². The second kappa shape index (κ2) is 7.50. The van der Waals surface area contributed by atoms with Crippen LogP contribution in [0.25, 0.3) is 0 Å². The van der Waals surface area contributed by atoms with Crippen LogP contribution in [-0.2, 0) is 6.42 Å². The summed E-state index contributed by atoms with van der Waals surface area (Å²) in [7, 11) is 1.54. The number of methoxy groups -OCH3 is 1. The van der Waals surface area contributed by atoms with Crippen LogP contribution in [0.15, 0.2) is 42.5 Å². The number of anilines is 1. The number of benzene rings is 2. The largest absolute Gasteiger partial charge is 0.493 e. The molecule has 4 rings (SSSR count). The molecule has 6 nitrogen and oxygen atoms in total. The van der Waals surface area contributed by atoms with Crippen LogP contribution >= 0.6 is 0 Å². The third-order valence-corrected chi connectivity index (χ3v) is 5.04. The molecule has 0 radical (unpaired) electrons. The minimum Gasteiger partial charge on any atom is -0.493 e. The molecule has 1 aliphatic carbocycles. The number of rotatable bonds is 4. The molecule has 29 heavy (non-hydrogen) atoms. The fourth-order valence-corrected chi connectivity index (χ4v) is 3.77. The lowest BCUT2D eigenvalue weighted by molar-refractivity contribution is 0.0961. The fraction of sp³-hybridized carbons (Fsp3) is 0.227. The smallest absolute Gasteiger partial charge is 0.220 e. The average Bonchev–Trinajstić information content (AvgIpc) is 2.67. The first kappa shape index (κ1) is 18.9. The topological polar surface area (TPSA) is 87.3 Å². The number of halogens is 1. The van der Waals surface area contributed by atoms with Crippen LogP contribution in [-0.4, -0.2) is 22.9 Å². The number of aromatic nitrogens is 2. The monoisotopic (exact) mass is 393 g/mol. The van der Waals surface area contributed by atoms with Gasteiger partial charge in [0.05, 0.1) is 24.1 Å². The fourth-order valence-electron chi connectivity index (χ4n) is 3.77. The number of Topliss-reactive ketones (excluding diaryl/α,β-unsaturated/α-hetero) is 1. The Hall–Kier alpha value is -3.48. The quantitative estimate of drug-likeness (QED) is 0.714. The van der Waals surface area contributed by atoms with Gasteiger partial charge in [0, 0.05) is 18.4 Å². The first-order chi connectivity index (χ1) is 14.0. The van der Waals surface area contributed by atoms with Gasteiger partial charge in [-0.2, -0.15) is 0 Å². The lowest BCUT2D eigenvalue weighted by atomic mass is 9.81. The first-order valence-corrected chi connectivity index (χ1v) is 9.22.